The summed E-state index contributed by atoms with van der Waals surface area (Å²) in [5.41, 5.74) is 3.26. The van der Waals surface area contributed by atoms with Gasteiger partial charge in [-0.15, -0.1) is 0 Å². The molecule has 6 heteroatoms. The second kappa shape index (κ2) is 9.07. The van der Waals surface area contributed by atoms with E-state index >= 15 is 0 Å². The fourth-order valence-electron chi connectivity index (χ4n) is 5.77. The van der Waals surface area contributed by atoms with Crippen molar-refractivity contribution >= 4 is 0 Å². The third-order valence-electron chi connectivity index (χ3n) is 8.14. The van der Waals surface area contributed by atoms with Crippen molar-refractivity contribution in [1.82, 2.24) is 9.80 Å². The minimum absolute atomic E-state index is 0.350. The molecule has 2 saturated heterocycles. The Hall–Kier alpha value is -2.44. The molecule has 176 valence electrons. The predicted octanol–water partition coefficient (Wildman–Crippen LogP) is 4.11. The predicted molar refractivity (Wildman–Crippen MR) is 126 cm³/mol. The zero-order valence-electron chi connectivity index (χ0n) is 19.4. The maximum atomic E-state index is 5.52. The minimum Gasteiger partial charge on any atom is -0.454 e. The van der Waals surface area contributed by atoms with Crippen LogP contribution in [0.1, 0.15) is 36.8 Å². The van der Waals surface area contributed by atoms with Crippen LogP contribution in [0.3, 0.4) is 0 Å². The van der Waals surface area contributed by atoms with Crippen LogP contribution < -0.4 is 18.9 Å². The SMILES string of the molecule is c1cc2c(cc1CCN1CCC3(CC1)CCN(CCc1ccc4c(c1)OCO4)CC3)OCO2. The molecule has 0 amide bonds. The van der Waals surface area contributed by atoms with Crippen molar-refractivity contribution in [3.8, 4) is 23.0 Å². The van der Waals surface area contributed by atoms with E-state index in [1.165, 1.54) is 63.0 Å². The topological polar surface area (TPSA) is 43.4 Å². The van der Waals surface area contributed by atoms with Gasteiger partial charge in [0.15, 0.2) is 23.0 Å². The average molecular weight is 451 g/mol. The molecule has 0 atom stereocenters. The van der Waals surface area contributed by atoms with E-state index in [-0.39, 0.29) is 0 Å². The fourth-order valence-corrected chi connectivity index (χ4v) is 5.77. The number of fused-ring (bicyclic) bond motifs is 2. The van der Waals surface area contributed by atoms with E-state index in [4.69, 9.17) is 18.9 Å². The van der Waals surface area contributed by atoms with Gasteiger partial charge in [0.1, 0.15) is 0 Å². The molecule has 2 fully saturated rings. The van der Waals surface area contributed by atoms with Gasteiger partial charge >= 0.3 is 0 Å². The molecule has 0 saturated carbocycles. The Morgan fingerprint density at radius 3 is 1.45 bits per heavy atom. The second-order valence-corrected chi connectivity index (χ2v) is 10.1. The van der Waals surface area contributed by atoms with Gasteiger partial charge in [-0.25, -0.2) is 0 Å². The Morgan fingerprint density at radius 1 is 0.576 bits per heavy atom. The molecule has 4 heterocycles. The first-order valence-corrected chi connectivity index (χ1v) is 12.5. The van der Waals surface area contributed by atoms with Gasteiger partial charge in [-0.3, -0.25) is 0 Å². The lowest BCUT2D eigenvalue weighted by Gasteiger charge is -2.47. The van der Waals surface area contributed by atoms with Gasteiger partial charge in [0, 0.05) is 13.1 Å². The first-order chi connectivity index (χ1) is 16.2. The molecule has 6 rings (SSSR count). The van der Waals surface area contributed by atoms with Crippen LogP contribution in [0.2, 0.25) is 0 Å². The lowest BCUT2D eigenvalue weighted by atomic mass is 9.71. The van der Waals surface area contributed by atoms with Crippen molar-refractivity contribution in [3.05, 3.63) is 47.5 Å². The average Bonchev–Trinajstić information content (AvgIpc) is 3.52. The lowest BCUT2D eigenvalue weighted by molar-refractivity contribution is 0.0357. The highest BCUT2D eigenvalue weighted by Gasteiger charge is 2.37. The van der Waals surface area contributed by atoms with E-state index < -0.39 is 0 Å². The molecule has 0 radical (unpaired) electrons. The standard InChI is InChI=1S/C27H34N2O4/c1-3-23-25(32-19-30-23)17-21(1)5-11-28-13-7-27(8-14-28)9-15-29(16-10-27)12-6-22-2-4-24-26(18-22)33-20-31-24/h1-4,17-18H,5-16,19-20H2. The van der Waals surface area contributed by atoms with Crippen molar-refractivity contribution in [2.75, 3.05) is 52.9 Å². The number of nitrogens with zero attached hydrogens (tertiary/aromatic N) is 2. The number of benzene rings is 2. The number of likely N-dealkylation sites (tertiary alicyclic amines) is 2. The van der Waals surface area contributed by atoms with E-state index in [9.17, 15) is 0 Å². The van der Waals surface area contributed by atoms with Crippen molar-refractivity contribution in [2.24, 2.45) is 5.41 Å². The molecule has 1 spiro atoms. The van der Waals surface area contributed by atoms with Gasteiger partial charge in [0.2, 0.25) is 13.6 Å². The van der Waals surface area contributed by atoms with E-state index in [0.29, 0.717) is 19.0 Å². The molecular weight excluding hydrogens is 416 g/mol. The largest absolute Gasteiger partial charge is 0.454 e. The van der Waals surface area contributed by atoms with Crippen molar-refractivity contribution < 1.29 is 18.9 Å². The zero-order valence-corrected chi connectivity index (χ0v) is 19.4. The Kier molecular flexibility index (Phi) is 5.80. The van der Waals surface area contributed by atoms with Crippen LogP contribution in [0.4, 0.5) is 0 Å². The summed E-state index contributed by atoms with van der Waals surface area (Å²) in [6.07, 6.45) is 7.57. The second-order valence-electron chi connectivity index (χ2n) is 10.1. The maximum Gasteiger partial charge on any atom is 0.231 e. The quantitative estimate of drug-likeness (QED) is 0.660. The Balaban J connectivity index is 0.931. The Morgan fingerprint density at radius 2 is 1.00 bits per heavy atom. The van der Waals surface area contributed by atoms with E-state index in [2.05, 4.69) is 34.1 Å². The molecule has 0 N–H and O–H groups in total. The highest BCUT2D eigenvalue weighted by Crippen LogP contribution is 2.41. The number of rotatable bonds is 6. The summed E-state index contributed by atoms with van der Waals surface area (Å²) in [7, 11) is 0. The normalized spacial score (nSPS) is 21.6. The number of piperidine rings is 2. The molecule has 0 bridgehead atoms. The molecule has 4 aliphatic rings. The highest BCUT2D eigenvalue weighted by atomic mass is 16.7. The summed E-state index contributed by atoms with van der Waals surface area (Å²) in [5, 5.41) is 0. The Bertz CT molecular complexity index is 895. The van der Waals surface area contributed by atoms with Gasteiger partial charge in [-0.05, 0) is 106 Å². The minimum atomic E-state index is 0.350. The number of hydrogen-bond donors (Lipinski definition) is 0. The van der Waals surface area contributed by atoms with Crippen LogP contribution in [-0.2, 0) is 12.8 Å². The van der Waals surface area contributed by atoms with Gasteiger partial charge < -0.3 is 28.7 Å². The van der Waals surface area contributed by atoms with Crippen LogP contribution in [-0.4, -0.2) is 62.7 Å². The zero-order chi connectivity index (χ0) is 22.1. The van der Waals surface area contributed by atoms with Gasteiger partial charge in [0.05, 0.1) is 0 Å². The maximum absolute atomic E-state index is 5.52. The molecule has 2 aromatic rings. The summed E-state index contributed by atoms with van der Waals surface area (Å²) in [6, 6.07) is 12.7. The van der Waals surface area contributed by atoms with Crippen molar-refractivity contribution in [3.63, 3.8) is 0 Å². The summed E-state index contributed by atoms with van der Waals surface area (Å²) in [4.78, 5) is 5.31. The van der Waals surface area contributed by atoms with Crippen LogP contribution in [0.25, 0.3) is 0 Å². The molecule has 4 aliphatic heterocycles. The third-order valence-corrected chi connectivity index (χ3v) is 8.14. The molecule has 33 heavy (non-hydrogen) atoms. The molecular formula is C27H34N2O4. The van der Waals surface area contributed by atoms with Gasteiger partial charge in [0.25, 0.3) is 0 Å². The third kappa shape index (κ3) is 4.64. The smallest absolute Gasteiger partial charge is 0.231 e. The molecule has 0 aliphatic carbocycles. The molecule has 0 aromatic heterocycles. The van der Waals surface area contributed by atoms with E-state index in [0.717, 1.165) is 48.9 Å². The molecule has 0 unspecified atom stereocenters. The van der Waals surface area contributed by atoms with E-state index in [1.807, 2.05) is 12.1 Å². The summed E-state index contributed by atoms with van der Waals surface area (Å²) in [5.74, 6) is 3.55. The number of hydrogen-bond acceptors (Lipinski definition) is 6. The van der Waals surface area contributed by atoms with Crippen molar-refractivity contribution in [2.45, 2.75) is 38.5 Å². The molecule has 2 aromatic carbocycles. The van der Waals surface area contributed by atoms with Gasteiger partial charge in [-0.1, -0.05) is 12.1 Å². The monoisotopic (exact) mass is 450 g/mol. The van der Waals surface area contributed by atoms with E-state index in [1.54, 1.807) is 0 Å². The van der Waals surface area contributed by atoms with Crippen LogP contribution in [0.15, 0.2) is 36.4 Å². The summed E-state index contributed by atoms with van der Waals surface area (Å²) in [6.45, 7) is 7.92. The summed E-state index contributed by atoms with van der Waals surface area (Å²) >= 11 is 0. The summed E-state index contributed by atoms with van der Waals surface area (Å²) < 4.78 is 21.9. The van der Waals surface area contributed by atoms with Crippen LogP contribution >= 0.6 is 0 Å². The van der Waals surface area contributed by atoms with Gasteiger partial charge in [-0.2, -0.15) is 0 Å². The first kappa shape index (κ1) is 21.1. The Labute approximate surface area is 196 Å². The highest BCUT2D eigenvalue weighted by molar-refractivity contribution is 5.45. The fraction of sp³-hybridized carbons (Fsp3) is 0.556. The number of ether oxygens (including phenoxy) is 4. The van der Waals surface area contributed by atoms with Crippen LogP contribution in [0, 0.1) is 5.41 Å². The van der Waals surface area contributed by atoms with Crippen molar-refractivity contribution in [1.29, 1.82) is 0 Å². The first-order valence-electron chi connectivity index (χ1n) is 12.5. The lowest BCUT2D eigenvalue weighted by Crippen LogP contribution is -2.47. The van der Waals surface area contributed by atoms with Crippen LogP contribution in [0.5, 0.6) is 23.0 Å². The molecule has 6 nitrogen and oxygen atoms in total.